The van der Waals surface area contributed by atoms with Gasteiger partial charge in [-0.05, 0) is 26.3 Å². The molecular formula is C21H29N5O3S2. The summed E-state index contributed by atoms with van der Waals surface area (Å²) in [6, 6.07) is 8.29. The smallest absolute Gasteiger partial charge is 0.233 e. The van der Waals surface area contributed by atoms with E-state index in [9.17, 15) is 13.2 Å². The summed E-state index contributed by atoms with van der Waals surface area (Å²) in [5.41, 5.74) is 2.19. The van der Waals surface area contributed by atoms with Gasteiger partial charge in [0.2, 0.25) is 5.91 Å². The molecule has 0 radical (unpaired) electrons. The van der Waals surface area contributed by atoms with Gasteiger partial charge in [0.15, 0.2) is 20.8 Å². The molecule has 4 rings (SSSR count). The topological polar surface area (TPSA) is 88.4 Å². The fourth-order valence-electron chi connectivity index (χ4n) is 4.30. The van der Waals surface area contributed by atoms with E-state index < -0.39 is 9.84 Å². The van der Waals surface area contributed by atoms with Crippen LogP contribution in [0.3, 0.4) is 0 Å². The van der Waals surface area contributed by atoms with Crippen LogP contribution in [0.15, 0.2) is 29.4 Å². The first-order valence-corrected chi connectivity index (χ1v) is 13.5. The second-order valence-electron chi connectivity index (χ2n) is 8.18. The number of piperazine rings is 1. The van der Waals surface area contributed by atoms with Gasteiger partial charge in [-0.1, -0.05) is 35.5 Å². The quantitative estimate of drug-likeness (QED) is 0.603. The van der Waals surface area contributed by atoms with Crippen molar-refractivity contribution in [3.05, 3.63) is 29.8 Å². The molecule has 1 amide bonds. The first-order valence-electron chi connectivity index (χ1n) is 10.7. The van der Waals surface area contributed by atoms with Crippen LogP contribution in [0.25, 0.3) is 11.4 Å². The Morgan fingerprint density at radius 3 is 2.61 bits per heavy atom. The third-order valence-corrected chi connectivity index (χ3v) is 8.73. The first kappa shape index (κ1) is 22.3. The lowest BCUT2D eigenvalue weighted by Gasteiger charge is -2.37. The van der Waals surface area contributed by atoms with Crippen LogP contribution in [-0.4, -0.2) is 88.4 Å². The van der Waals surface area contributed by atoms with Crippen LogP contribution in [0.1, 0.15) is 18.9 Å². The molecule has 3 heterocycles. The normalized spacial score (nSPS) is 21.5. The summed E-state index contributed by atoms with van der Waals surface area (Å²) in [7, 11) is -2.88. The summed E-state index contributed by atoms with van der Waals surface area (Å²) < 4.78 is 25.5. The van der Waals surface area contributed by atoms with Crippen molar-refractivity contribution in [2.75, 3.05) is 43.4 Å². The van der Waals surface area contributed by atoms with E-state index in [0.29, 0.717) is 25.3 Å². The molecule has 8 nitrogen and oxygen atoms in total. The predicted octanol–water partition coefficient (Wildman–Crippen LogP) is 1.70. The van der Waals surface area contributed by atoms with E-state index in [0.717, 1.165) is 36.2 Å². The minimum atomic E-state index is -2.88. The summed E-state index contributed by atoms with van der Waals surface area (Å²) in [5, 5.41) is 9.45. The number of amides is 1. The molecular weight excluding hydrogens is 434 g/mol. The summed E-state index contributed by atoms with van der Waals surface area (Å²) in [6.07, 6.45) is 0.710. The van der Waals surface area contributed by atoms with Crippen LogP contribution in [0.5, 0.6) is 0 Å². The molecule has 0 N–H and O–H groups in total. The van der Waals surface area contributed by atoms with E-state index in [2.05, 4.69) is 41.1 Å². The number of nitrogens with zero attached hydrogens (tertiary/aromatic N) is 5. The molecule has 1 aromatic heterocycles. The molecule has 10 heteroatoms. The molecule has 0 aliphatic carbocycles. The van der Waals surface area contributed by atoms with E-state index >= 15 is 0 Å². The van der Waals surface area contributed by atoms with Gasteiger partial charge in [0.05, 0.1) is 17.3 Å². The molecule has 31 heavy (non-hydrogen) atoms. The van der Waals surface area contributed by atoms with Crippen molar-refractivity contribution >= 4 is 27.5 Å². The van der Waals surface area contributed by atoms with Crippen molar-refractivity contribution in [3.63, 3.8) is 0 Å². The Kier molecular flexibility index (Phi) is 6.68. The van der Waals surface area contributed by atoms with Crippen LogP contribution in [0.2, 0.25) is 0 Å². The summed E-state index contributed by atoms with van der Waals surface area (Å²) in [5.74, 6) is 1.78. The number of rotatable bonds is 6. The number of carbonyl (C=O) groups excluding carboxylic acids is 1. The van der Waals surface area contributed by atoms with Crippen LogP contribution < -0.4 is 0 Å². The number of hydrogen-bond donors (Lipinski definition) is 0. The molecule has 1 atom stereocenters. The average molecular weight is 464 g/mol. The second kappa shape index (κ2) is 9.30. The number of hydrogen-bond acceptors (Lipinski definition) is 7. The van der Waals surface area contributed by atoms with Crippen molar-refractivity contribution < 1.29 is 13.2 Å². The van der Waals surface area contributed by atoms with Gasteiger partial charge in [0.1, 0.15) is 0 Å². The maximum absolute atomic E-state index is 12.8. The van der Waals surface area contributed by atoms with Gasteiger partial charge in [0.25, 0.3) is 0 Å². The fourth-order valence-corrected chi connectivity index (χ4v) is 6.96. The van der Waals surface area contributed by atoms with Gasteiger partial charge < -0.3 is 9.47 Å². The Balaban J connectivity index is 1.32. The van der Waals surface area contributed by atoms with Gasteiger partial charge in [0, 0.05) is 44.3 Å². The Morgan fingerprint density at radius 2 is 1.97 bits per heavy atom. The molecule has 1 aromatic carbocycles. The van der Waals surface area contributed by atoms with Gasteiger partial charge in [-0.3, -0.25) is 9.69 Å². The molecule has 0 saturated carbocycles. The Morgan fingerprint density at radius 1 is 1.19 bits per heavy atom. The van der Waals surface area contributed by atoms with Gasteiger partial charge >= 0.3 is 0 Å². The maximum Gasteiger partial charge on any atom is 0.233 e. The average Bonchev–Trinajstić information content (AvgIpc) is 3.34. The van der Waals surface area contributed by atoms with E-state index in [1.165, 1.54) is 17.3 Å². The van der Waals surface area contributed by atoms with Crippen LogP contribution >= 0.6 is 11.8 Å². The van der Waals surface area contributed by atoms with E-state index in [1.807, 2.05) is 21.6 Å². The second-order valence-corrected chi connectivity index (χ2v) is 11.4. The molecule has 2 saturated heterocycles. The molecule has 2 aliphatic rings. The largest absolute Gasteiger partial charge is 0.339 e. The molecule has 168 valence electrons. The van der Waals surface area contributed by atoms with Crippen LogP contribution in [0.4, 0.5) is 0 Å². The first-order chi connectivity index (χ1) is 14.9. The van der Waals surface area contributed by atoms with Gasteiger partial charge in [-0.25, -0.2) is 8.42 Å². The minimum Gasteiger partial charge on any atom is -0.339 e. The zero-order valence-corrected chi connectivity index (χ0v) is 19.7. The van der Waals surface area contributed by atoms with E-state index in [4.69, 9.17) is 0 Å². The molecule has 2 aromatic rings. The summed E-state index contributed by atoms with van der Waals surface area (Å²) in [4.78, 5) is 16.9. The number of thioether (sulfide) groups is 1. The fraction of sp³-hybridized carbons (Fsp3) is 0.571. The number of benzene rings is 1. The maximum atomic E-state index is 12.8. The summed E-state index contributed by atoms with van der Waals surface area (Å²) >= 11 is 1.42. The molecule has 2 fully saturated rings. The Labute approximate surface area is 187 Å². The van der Waals surface area contributed by atoms with Crippen molar-refractivity contribution in [2.24, 2.45) is 0 Å². The van der Waals surface area contributed by atoms with Crippen LogP contribution in [-0.2, 0) is 21.2 Å². The monoisotopic (exact) mass is 463 g/mol. The lowest BCUT2D eigenvalue weighted by atomic mass is 10.1. The zero-order valence-electron chi connectivity index (χ0n) is 18.0. The van der Waals surface area contributed by atoms with E-state index in [1.54, 1.807) is 0 Å². The highest BCUT2D eigenvalue weighted by Gasteiger charge is 2.34. The number of sulfone groups is 1. The minimum absolute atomic E-state index is 0.0893. The predicted molar refractivity (Wildman–Crippen MR) is 122 cm³/mol. The molecule has 2 aliphatic heterocycles. The van der Waals surface area contributed by atoms with E-state index in [-0.39, 0.29) is 23.5 Å². The highest BCUT2D eigenvalue weighted by Crippen LogP contribution is 2.25. The van der Waals surface area contributed by atoms with Crippen LogP contribution in [0, 0.1) is 6.92 Å². The third-order valence-electron chi connectivity index (χ3n) is 6.03. The number of aromatic nitrogens is 3. The molecule has 1 unspecified atom stereocenters. The molecule has 0 bridgehead atoms. The van der Waals surface area contributed by atoms with Gasteiger partial charge in [-0.15, -0.1) is 10.2 Å². The SMILES string of the molecule is CCn1c(SCC(=O)N2CCN(C3CCS(=O)(=O)C3)CC2)nnc1-c1cccc(C)c1. The number of aryl methyl sites for hydroxylation is 1. The van der Waals surface area contributed by atoms with Crippen molar-refractivity contribution in [1.82, 2.24) is 24.6 Å². The van der Waals surface area contributed by atoms with Gasteiger partial charge in [-0.2, -0.15) is 0 Å². The third kappa shape index (κ3) is 5.12. The molecule has 0 spiro atoms. The van der Waals surface area contributed by atoms with Crippen molar-refractivity contribution in [1.29, 1.82) is 0 Å². The Hall–Kier alpha value is -1.91. The van der Waals surface area contributed by atoms with Crippen molar-refractivity contribution in [3.8, 4) is 11.4 Å². The highest BCUT2D eigenvalue weighted by molar-refractivity contribution is 7.99. The standard InChI is InChI=1S/C21H29N5O3S2/c1-3-26-20(17-6-4-5-16(2)13-17)22-23-21(26)30-14-19(27)25-10-8-24(9-11-25)18-7-12-31(28,29)15-18/h4-6,13,18H,3,7-12,14-15H2,1-2H3. The number of carbonyl (C=O) groups is 1. The van der Waals surface area contributed by atoms with Crippen molar-refractivity contribution in [2.45, 2.75) is 38.0 Å². The lowest BCUT2D eigenvalue weighted by molar-refractivity contribution is -0.130. The lowest BCUT2D eigenvalue weighted by Crippen LogP contribution is -2.52. The highest BCUT2D eigenvalue weighted by atomic mass is 32.2. The Bertz CT molecular complexity index is 1050. The summed E-state index contributed by atoms with van der Waals surface area (Å²) in [6.45, 7) is 7.59. The zero-order chi connectivity index (χ0) is 22.0.